The van der Waals surface area contributed by atoms with E-state index in [0.29, 0.717) is 0 Å². The van der Waals surface area contributed by atoms with Gasteiger partial charge in [0.25, 0.3) is 0 Å². The maximum atomic E-state index is 10.5. The number of carbonyl (C=O) groups excluding carboxylic acids is 2. The van der Waals surface area contributed by atoms with Crippen molar-refractivity contribution in [2.75, 3.05) is 16.5 Å². The molecule has 0 amide bonds. The molecule has 0 saturated carbocycles. The Bertz CT molecular complexity index is 1050. The molecule has 0 spiro atoms. The van der Waals surface area contributed by atoms with E-state index in [9.17, 15) is 26.3 Å². The molecule has 220 valence electrons. The normalized spacial score (nSPS) is 12.3. The van der Waals surface area contributed by atoms with Gasteiger partial charge in [-0.2, -0.15) is 26.3 Å². The Labute approximate surface area is 235 Å². The third kappa shape index (κ3) is 11.3. The Balaban J connectivity index is 0. The van der Waals surface area contributed by atoms with Crippen molar-refractivity contribution >= 4 is 23.3 Å². The van der Waals surface area contributed by atoms with E-state index in [-0.39, 0.29) is 25.9 Å². The molecule has 14 heteroatoms. The predicted octanol–water partition coefficient (Wildman–Crippen LogP) is 3.06. The van der Waals surface area contributed by atoms with E-state index in [1.165, 1.54) is 44.8 Å². The van der Waals surface area contributed by atoms with Gasteiger partial charge < -0.3 is 35.1 Å². The summed E-state index contributed by atoms with van der Waals surface area (Å²) in [5.74, 6) is -6.01. The van der Waals surface area contributed by atoms with Crippen LogP contribution in [-0.2, 0) is 30.0 Å². The van der Waals surface area contributed by atoms with E-state index in [1.807, 2.05) is 0 Å². The quantitative estimate of drug-likeness (QED) is 0.362. The number of halogens is 6. The standard InChI is InChI=1S/C21H26N2.2C2HF3O2.H2O.Pd/c1-14-9-16(3)20(17(4)10-14)22-7-8-23(13-22)21-18(5)11-15(2)12-19(21)6;2*3-2(4,5)1(6)7;;/h7-12H,13H2,1-6H3;2*(H,6,7);1H2;/q;;;;+2/p-2. The number of carboxylic acids is 2. The average molecular weight is 657 g/mol. The average Bonchev–Trinajstić information content (AvgIpc) is 3.14. The number of nitrogens with zero attached hydrogens (tertiary/aromatic N) is 2. The number of carbonyl (C=O) groups is 2. The summed E-state index contributed by atoms with van der Waals surface area (Å²) in [5, 5.41) is 17.6. The molecule has 0 bridgehead atoms. The van der Waals surface area contributed by atoms with Gasteiger partial charge in [0.2, 0.25) is 0 Å². The Kier molecular flexibility index (Phi) is 14.6. The number of carboxylic acid groups (broad SMARTS) is 2. The van der Waals surface area contributed by atoms with Gasteiger partial charge >= 0.3 is 32.8 Å². The monoisotopic (exact) mass is 656 g/mol. The summed E-state index contributed by atoms with van der Waals surface area (Å²) in [7, 11) is 0. The second kappa shape index (κ2) is 14.9. The SMILES string of the molecule is Cc1cc(C)c(N2C=CN(c3c(C)cc(C)cc3C)C2)c(C)c1.O.O=C([O-])C(F)(F)F.O=C([O-])C(F)(F)F.[Pd+2]. The fourth-order valence-electron chi connectivity index (χ4n) is 3.96. The fraction of sp³-hybridized carbons (Fsp3) is 0.360. The Morgan fingerprint density at radius 3 is 1.03 bits per heavy atom. The van der Waals surface area contributed by atoms with E-state index in [4.69, 9.17) is 19.8 Å². The number of aliphatic carboxylic acids is 2. The molecule has 0 aliphatic carbocycles. The van der Waals surface area contributed by atoms with Crippen LogP contribution in [0.25, 0.3) is 0 Å². The van der Waals surface area contributed by atoms with Gasteiger partial charge in [0, 0.05) is 23.8 Å². The van der Waals surface area contributed by atoms with E-state index in [1.54, 1.807) is 0 Å². The van der Waals surface area contributed by atoms with Crippen LogP contribution in [-0.4, -0.2) is 36.4 Å². The second-order valence-electron chi connectivity index (χ2n) is 8.44. The summed E-state index contributed by atoms with van der Waals surface area (Å²) in [6.45, 7) is 14.0. The van der Waals surface area contributed by atoms with Gasteiger partial charge in [0.1, 0.15) is 11.9 Å². The van der Waals surface area contributed by atoms with Crippen molar-refractivity contribution in [3.05, 3.63) is 70.0 Å². The number of hydrogen-bond donors (Lipinski definition) is 0. The first kappa shape index (κ1) is 38.1. The van der Waals surface area contributed by atoms with Crippen LogP contribution in [0.15, 0.2) is 36.7 Å². The van der Waals surface area contributed by atoms with Crippen molar-refractivity contribution in [2.24, 2.45) is 0 Å². The first-order chi connectivity index (χ1) is 16.7. The van der Waals surface area contributed by atoms with Crippen LogP contribution in [0.5, 0.6) is 0 Å². The molecule has 0 fully saturated rings. The van der Waals surface area contributed by atoms with Gasteiger partial charge in [-0.3, -0.25) is 0 Å². The number of hydrogen-bond acceptors (Lipinski definition) is 6. The van der Waals surface area contributed by atoms with Crippen LogP contribution >= 0.6 is 0 Å². The van der Waals surface area contributed by atoms with Gasteiger partial charge in [0.15, 0.2) is 0 Å². The predicted molar refractivity (Wildman–Crippen MR) is 126 cm³/mol. The number of alkyl halides is 6. The van der Waals surface area contributed by atoms with Crippen molar-refractivity contribution in [3.8, 4) is 0 Å². The molecule has 0 unspecified atom stereocenters. The summed E-state index contributed by atoms with van der Waals surface area (Å²) in [5.41, 5.74) is 10.7. The molecule has 39 heavy (non-hydrogen) atoms. The first-order valence-electron chi connectivity index (χ1n) is 10.7. The molecule has 1 heterocycles. The molecule has 7 nitrogen and oxygen atoms in total. The second-order valence-corrected chi connectivity index (χ2v) is 8.44. The fourth-order valence-corrected chi connectivity index (χ4v) is 3.96. The molecule has 0 radical (unpaired) electrons. The minimum Gasteiger partial charge on any atom is -0.542 e. The van der Waals surface area contributed by atoms with Crippen LogP contribution in [0.4, 0.5) is 37.7 Å². The van der Waals surface area contributed by atoms with Crippen LogP contribution in [0.3, 0.4) is 0 Å². The Morgan fingerprint density at radius 2 is 0.846 bits per heavy atom. The van der Waals surface area contributed by atoms with E-state index < -0.39 is 24.3 Å². The summed E-state index contributed by atoms with van der Waals surface area (Å²) in [6, 6.07) is 9.06. The third-order valence-electron chi connectivity index (χ3n) is 5.04. The molecule has 2 aromatic carbocycles. The van der Waals surface area contributed by atoms with Gasteiger partial charge in [-0.05, 0) is 63.8 Å². The van der Waals surface area contributed by atoms with E-state index in [2.05, 4.69) is 88.0 Å². The Hall–Kier alpha value is -3.08. The summed E-state index contributed by atoms with van der Waals surface area (Å²) in [6.07, 6.45) is -5.99. The molecule has 0 saturated heterocycles. The van der Waals surface area contributed by atoms with Gasteiger partial charge in [0.05, 0.1) is 6.67 Å². The third-order valence-corrected chi connectivity index (χ3v) is 5.04. The van der Waals surface area contributed by atoms with Crippen LogP contribution in [0.1, 0.15) is 33.4 Å². The summed E-state index contributed by atoms with van der Waals surface area (Å²) < 4.78 is 63.1. The molecule has 2 N–H and O–H groups in total. The van der Waals surface area contributed by atoms with Crippen LogP contribution in [0, 0.1) is 41.5 Å². The Morgan fingerprint density at radius 1 is 0.641 bits per heavy atom. The molecule has 0 atom stereocenters. The van der Waals surface area contributed by atoms with Crippen molar-refractivity contribution in [1.29, 1.82) is 0 Å². The molecular formula is C25H28F6N2O5Pd. The molecule has 2 aromatic rings. The van der Waals surface area contributed by atoms with E-state index >= 15 is 0 Å². The van der Waals surface area contributed by atoms with Crippen molar-refractivity contribution in [3.63, 3.8) is 0 Å². The summed E-state index contributed by atoms with van der Waals surface area (Å²) >= 11 is 0. The van der Waals surface area contributed by atoms with Crippen LogP contribution in [0.2, 0.25) is 0 Å². The smallest absolute Gasteiger partial charge is 0.542 e. The molecule has 3 rings (SSSR count). The topological polar surface area (TPSA) is 118 Å². The minimum absolute atomic E-state index is 0. The zero-order valence-corrected chi connectivity index (χ0v) is 23.3. The summed E-state index contributed by atoms with van der Waals surface area (Å²) in [4.78, 5) is 22.3. The molecular weight excluding hydrogens is 629 g/mol. The van der Waals surface area contributed by atoms with E-state index in [0.717, 1.165) is 6.67 Å². The number of aryl methyl sites for hydroxylation is 6. The largest absolute Gasteiger partial charge is 2.00 e. The molecule has 1 aliphatic rings. The first-order valence-corrected chi connectivity index (χ1v) is 10.7. The van der Waals surface area contributed by atoms with Crippen molar-refractivity contribution in [1.82, 2.24) is 0 Å². The van der Waals surface area contributed by atoms with Gasteiger partial charge in [-0.1, -0.05) is 35.4 Å². The zero-order chi connectivity index (χ0) is 28.9. The maximum Gasteiger partial charge on any atom is 2.00 e. The van der Waals surface area contributed by atoms with Crippen LogP contribution < -0.4 is 20.0 Å². The molecule has 1 aliphatic heterocycles. The molecule has 0 aromatic heterocycles. The number of anilines is 2. The van der Waals surface area contributed by atoms with Crippen molar-refractivity contribution in [2.45, 2.75) is 53.9 Å². The number of rotatable bonds is 2. The number of benzene rings is 2. The van der Waals surface area contributed by atoms with Crippen molar-refractivity contribution < 1.29 is 72.0 Å². The maximum absolute atomic E-state index is 10.5. The minimum atomic E-state index is -5.19. The zero-order valence-electron chi connectivity index (χ0n) is 21.8. The van der Waals surface area contributed by atoms with Gasteiger partial charge in [-0.15, -0.1) is 0 Å². The van der Waals surface area contributed by atoms with Gasteiger partial charge in [-0.25, -0.2) is 0 Å².